The van der Waals surface area contributed by atoms with Gasteiger partial charge in [-0.05, 0) is 18.2 Å². The molecule has 1 aromatic carbocycles. The van der Waals surface area contributed by atoms with Gasteiger partial charge >= 0.3 is 0 Å². The Kier molecular flexibility index (Phi) is 1.19. The second-order valence-electron chi connectivity index (χ2n) is 3.11. The van der Waals surface area contributed by atoms with Gasteiger partial charge in [-0.2, -0.15) is 0 Å². The molecule has 1 aliphatic rings. The molecular formula is C11H8N2. The first-order chi connectivity index (χ1) is 6.43. The Morgan fingerprint density at radius 3 is 2.92 bits per heavy atom. The Bertz CT molecular complexity index is 500. The number of benzene rings is 1. The predicted octanol–water partition coefficient (Wildman–Crippen LogP) is 2.14. The van der Waals surface area contributed by atoms with Gasteiger partial charge in [0.2, 0.25) is 0 Å². The lowest BCUT2D eigenvalue weighted by molar-refractivity contribution is 1.40. The molecule has 1 aliphatic heterocycles. The average Bonchev–Trinajstić information content (AvgIpc) is 3.00. The topological polar surface area (TPSA) is 34.8 Å². The van der Waals surface area contributed by atoms with Crippen molar-refractivity contribution in [2.24, 2.45) is 0 Å². The largest absolute Gasteiger partial charge is 0.358 e. The van der Waals surface area contributed by atoms with Crippen molar-refractivity contribution in [3.05, 3.63) is 48.3 Å². The molecule has 0 atom stereocenters. The van der Waals surface area contributed by atoms with Crippen molar-refractivity contribution in [3.8, 4) is 0 Å². The van der Waals surface area contributed by atoms with E-state index in [0.717, 1.165) is 5.52 Å². The van der Waals surface area contributed by atoms with Gasteiger partial charge in [-0.3, -0.25) is 4.98 Å². The summed E-state index contributed by atoms with van der Waals surface area (Å²) >= 11 is 0. The van der Waals surface area contributed by atoms with Crippen LogP contribution >= 0.6 is 0 Å². The van der Waals surface area contributed by atoms with Crippen LogP contribution in [0.15, 0.2) is 42.7 Å². The molecule has 0 fully saturated rings. The minimum absolute atomic E-state index is 1.05. The fraction of sp³-hybridized carbons (Fsp3) is 0. The Labute approximate surface area is 75.9 Å². The molecule has 0 saturated carbocycles. The summed E-state index contributed by atoms with van der Waals surface area (Å²) in [6, 6.07) is 10.3. The Hall–Kier alpha value is -1.83. The quantitative estimate of drug-likeness (QED) is 0.707. The van der Waals surface area contributed by atoms with E-state index in [-0.39, 0.29) is 0 Å². The van der Waals surface area contributed by atoms with E-state index in [2.05, 4.69) is 28.5 Å². The molecule has 0 saturated heterocycles. The van der Waals surface area contributed by atoms with Crippen LogP contribution in [-0.4, -0.2) is 4.98 Å². The zero-order chi connectivity index (χ0) is 8.67. The maximum absolute atomic E-state index is 4.26. The molecule has 0 radical (unpaired) electrons. The van der Waals surface area contributed by atoms with Crippen molar-refractivity contribution < 1.29 is 0 Å². The first-order valence-electron chi connectivity index (χ1n) is 4.25. The lowest BCUT2D eigenvalue weighted by Crippen LogP contribution is -1.83. The smallest absolute Gasteiger partial charge is 0.0702 e. The molecule has 2 aromatic rings. The summed E-state index contributed by atoms with van der Waals surface area (Å²) < 4.78 is 0. The van der Waals surface area contributed by atoms with Crippen LogP contribution in [0.2, 0.25) is 0 Å². The summed E-state index contributed by atoms with van der Waals surface area (Å²) in [4.78, 5) is 4.26. The number of pyridine rings is 1. The predicted molar refractivity (Wildman–Crippen MR) is 52.9 cm³/mol. The highest BCUT2D eigenvalue weighted by Crippen LogP contribution is 2.22. The van der Waals surface area contributed by atoms with Crippen molar-refractivity contribution in [1.82, 2.24) is 10.3 Å². The Morgan fingerprint density at radius 2 is 2.08 bits per heavy atom. The Morgan fingerprint density at radius 1 is 1.15 bits per heavy atom. The van der Waals surface area contributed by atoms with E-state index in [9.17, 15) is 0 Å². The van der Waals surface area contributed by atoms with Gasteiger partial charge in [0.25, 0.3) is 0 Å². The van der Waals surface area contributed by atoms with Crippen LogP contribution in [0.25, 0.3) is 16.6 Å². The molecule has 2 heteroatoms. The third-order valence-electron chi connectivity index (χ3n) is 2.20. The maximum atomic E-state index is 4.26. The number of fused-ring (bicyclic) bond motifs is 1. The van der Waals surface area contributed by atoms with Gasteiger partial charge in [0.15, 0.2) is 0 Å². The zero-order valence-corrected chi connectivity index (χ0v) is 6.99. The van der Waals surface area contributed by atoms with Crippen LogP contribution in [0, 0.1) is 0 Å². The summed E-state index contributed by atoms with van der Waals surface area (Å²) in [5.41, 5.74) is 3.50. The molecule has 0 spiro atoms. The van der Waals surface area contributed by atoms with Crippen LogP contribution in [0.4, 0.5) is 0 Å². The zero-order valence-electron chi connectivity index (χ0n) is 6.99. The summed E-state index contributed by atoms with van der Waals surface area (Å²) in [7, 11) is 0. The standard InChI is InChI=1S/C11H8N2/c1-2-8-6-9(11-7-13-11)3-4-10(8)12-5-1/h1-7,13H. The van der Waals surface area contributed by atoms with Crippen molar-refractivity contribution in [3.63, 3.8) is 0 Å². The van der Waals surface area contributed by atoms with Crippen LogP contribution in [0.1, 0.15) is 5.56 Å². The van der Waals surface area contributed by atoms with Crippen LogP contribution in [0.3, 0.4) is 0 Å². The Balaban J connectivity index is 2.26. The molecule has 0 bridgehead atoms. The van der Waals surface area contributed by atoms with E-state index < -0.39 is 0 Å². The van der Waals surface area contributed by atoms with Crippen LogP contribution in [-0.2, 0) is 0 Å². The van der Waals surface area contributed by atoms with Crippen molar-refractivity contribution in [2.45, 2.75) is 0 Å². The van der Waals surface area contributed by atoms with Gasteiger partial charge in [0.05, 0.1) is 11.2 Å². The number of nitrogens with zero attached hydrogens (tertiary/aromatic N) is 1. The van der Waals surface area contributed by atoms with Crippen molar-refractivity contribution in [2.75, 3.05) is 0 Å². The highest BCUT2D eigenvalue weighted by Gasteiger charge is 2.08. The van der Waals surface area contributed by atoms with Crippen LogP contribution in [0.5, 0.6) is 0 Å². The van der Waals surface area contributed by atoms with E-state index in [1.165, 1.54) is 16.6 Å². The molecule has 62 valence electrons. The van der Waals surface area contributed by atoms with E-state index in [1.807, 2.05) is 24.5 Å². The van der Waals surface area contributed by atoms with E-state index in [4.69, 9.17) is 0 Å². The van der Waals surface area contributed by atoms with Crippen molar-refractivity contribution >= 4 is 16.6 Å². The monoisotopic (exact) mass is 168 g/mol. The van der Waals surface area contributed by atoms with Gasteiger partial charge in [-0.15, -0.1) is 0 Å². The SMILES string of the molecule is C1=C(c2ccc3ncccc3c2)N1. The first-order valence-corrected chi connectivity index (χ1v) is 4.25. The fourth-order valence-corrected chi connectivity index (χ4v) is 1.45. The molecule has 0 amide bonds. The molecule has 3 rings (SSSR count). The third kappa shape index (κ3) is 1.07. The molecular weight excluding hydrogens is 160 g/mol. The molecule has 0 aliphatic carbocycles. The lowest BCUT2D eigenvalue weighted by atomic mass is 10.1. The third-order valence-corrected chi connectivity index (χ3v) is 2.20. The van der Waals surface area contributed by atoms with Crippen LogP contribution < -0.4 is 5.32 Å². The minimum atomic E-state index is 1.05. The molecule has 1 aromatic heterocycles. The summed E-state index contributed by atoms with van der Waals surface area (Å²) in [6.45, 7) is 0. The normalized spacial score (nSPS) is 13.7. The molecule has 0 unspecified atom stereocenters. The number of hydrogen-bond acceptors (Lipinski definition) is 2. The summed E-state index contributed by atoms with van der Waals surface area (Å²) in [6.07, 6.45) is 3.81. The van der Waals surface area contributed by atoms with E-state index in [0.29, 0.717) is 0 Å². The second kappa shape index (κ2) is 2.33. The number of hydrogen-bond donors (Lipinski definition) is 1. The summed E-state index contributed by atoms with van der Waals surface area (Å²) in [5.74, 6) is 0. The van der Waals surface area contributed by atoms with Gasteiger partial charge in [-0.25, -0.2) is 0 Å². The molecule has 1 N–H and O–H groups in total. The summed E-state index contributed by atoms with van der Waals surface area (Å²) in [5, 5.41) is 4.28. The molecule has 2 nitrogen and oxygen atoms in total. The fourth-order valence-electron chi connectivity index (χ4n) is 1.45. The van der Waals surface area contributed by atoms with Crippen molar-refractivity contribution in [1.29, 1.82) is 0 Å². The lowest BCUT2D eigenvalue weighted by Gasteiger charge is -1.97. The van der Waals surface area contributed by atoms with Gasteiger partial charge in [0, 0.05) is 23.3 Å². The number of aromatic nitrogens is 1. The second-order valence-corrected chi connectivity index (χ2v) is 3.11. The number of nitrogens with one attached hydrogen (secondary N) is 1. The molecule has 13 heavy (non-hydrogen) atoms. The van der Waals surface area contributed by atoms with Gasteiger partial charge in [-0.1, -0.05) is 12.1 Å². The highest BCUT2D eigenvalue weighted by molar-refractivity contribution is 5.85. The van der Waals surface area contributed by atoms with E-state index in [1.54, 1.807) is 0 Å². The number of rotatable bonds is 1. The minimum Gasteiger partial charge on any atom is -0.358 e. The maximum Gasteiger partial charge on any atom is 0.0702 e. The highest BCUT2D eigenvalue weighted by atomic mass is 15.0. The molecule has 2 heterocycles. The van der Waals surface area contributed by atoms with E-state index >= 15 is 0 Å². The van der Waals surface area contributed by atoms with Gasteiger partial charge < -0.3 is 5.32 Å². The van der Waals surface area contributed by atoms with Gasteiger partial charge in [0.1, 0.15) is 0 Å². The first kappa shape index (κ1) is 6.66. The average molecular weight is 168 g/mol.